The van der Waals surface area contributed by atoms with E-state index in [1.165, 1.54) is 0 Å². The number of ether oxygens (including phenoxy) is 2. The summed E-state index contributed by atoms with van der Waals surface area (Å²) in [7, 11) is 0. The summed E-state index contributed by atoms with van der Waals surface area (Å²) in [6.07, 6.45) is 0.423. The van der Waals surface area contributed by atoms with E-state index in [0.29, 0.717) is 19.1 Å². The molecule has 0 saturated heterocycles. The van der Waals surface area contributed by atoms with Crippen LogP contribution in [0.4, 0.5) is 0 Å². The lowest BCUT2D eigenvalue weighted by Crippen LogP contribution is -2.21. The summed E-state index contributed by atoms with van der Waals surface area (Å²) in [5.74, 6) is 1.90. The summed E-state index contributed by atoms with van der Waals surface area (Å²) in [6.45, 7) is 9.67. The van der Waals surface area contributed by atoms with E-state index in [1.54, 1.807) is 0 Å². The van der Waals surface area contributed by atoms with E-state index in [1.807, 2.05) is 18.2 Å². The number of aliphatic hydroxyl groups is 1. The molecule has 0 bridgehead atoms. The second-order valence-corrected chi connectivity index (χ2v) is 6.18. The van der Waals surface area contributed by atoms with E-state index in [2.05, 4.69) is 27.7 Å². The SMILES string of the molecule is CCC(C)(C)C(O)c1ccc2c(c1)OCC(C)CO2. The number of aliphatic hydroxyl groups excluding tert-OH is 1. The molecule has 3 nitrogen and oxygen atoms in total. The summed E-state index contributed by atoms with van der Waals surface area (Å²) in [4.78, 5) is 0. The Bertz CT molecular complexity index is 440. The van der Waals surface area contributed by atoms with E-state index in [-0.39, 0.29) is 5.41 Å². The molecule has 1 heterocycles. The van der Waals surface area contributed by atoms with Gasteiger partial charge in [-0.25, -0.2) is 0 Å². The maximum Gasteiger partial charge on any atom is 0.161 e. The Labute approximate surface area is 115 Å². The Morgan fingerprint density at radius 3 is 2.53 bits per heavy atom. The summed E-state index contributed by atoms with van der Waals surface area (Å²) in [5.41, 5.74) is 0.747. The zero-order chi connectivity index (χ0) is 14.0. The van der Waals surface area contributed by atoms with Crippen LogP contribution in [0.3, 0.4) is 0 Å². The molecule has 0 fully saturated rings. The second-order valence-electron chi connectivity index (χ2n) is 6.18. The van der Waals surface area contributed by atoms with Gasteiger partial charge in [-0.15, -0.1) is 0 Å². The summed E-state index contributed by atoms with van der Waals surface area (Å²) in [6, 6.07) is 5.74. The molecule has 0 radical (unpaired) electrons. The van der Waals surface area contributed by atoms with Crippen molar-refractivity contribution in [1.82, 2.24) is 0 Å². The quantitative estimate of drug-likeness (QED) is 0.907. The van der Waals surface area contributed by atoms with Gasteiger partial charge in [0.25, 0.3) is 0 Å². The molecule has 0 amide bonds. The summed E-state index contributed by atoms with van der Waals surface area (Å²) >= 11 is 0. The van der Waals surface area contributed by atoms with Gasteiger partial charge in [0.1, 0.15) is 0 Å². The van der Waals surface area contributed by atoms with E-state index in [0.717, 1.165) is 23.5 Å². The number of fused-ring (bicyclic) bond motifs is 1. The first-order valence-corrected chi connectivity index (χ1v) is 7.01. The predicted molar refractivity (Wildman–Crippen MR) is 75.6 cm³/mol. The van der Waals surface area contributed by atoms with Crippen molar-refractivity contribution in [2.75, 3.05) is 13.2 Å². The molecule has 19 heavy (non-hydrogen) atoms. The average Bonchev–Trinajstić information content (AvgIpc) is 2.59. The molecule has 1 aromatic carbocycles. The van der Waals surface area contributed by atoms with Crippen LogP contribution in [0.25, 0.3) is 0 Å². The van der Waals surface area contributed by atoms with Crippen LogP contribution in [0.2, 0.25) is 0 Å². The standard InChI is InChI=1S/C16H24O3/c1-5-16(3,4)15(17)12-6-7-13-14(8-12)19-10-11(2)9-18-13/h6-8,11,15,17H,5,9-10H2,1-4H3. The van der Waals surface area contributed by atoms with Gasteiger partial charge < -0.3 is 14.6 Å². The van der Waals surface area contributed by atoms with Gasteiger partial charge in [-0.3, -0.25) is 0 Å². The van der Waals surface area contributed by atoms with Crippen LogP contribution in [0.15, 0.2) is 18.2 Å². The minimum absolute atomic E-state index is 0.146. The Balaban J connectivity index is 2.26. The lowest BCUT2D eigenvalue weighted by atomic mass is 9.80. The maximum atomic E-state index is 10.5. The van der Waals surface area contributed by atoms with Gasteiger partial charge in [0.2, 0.25) is 0 Å². The molecule has 1 aromatic rings. The molecule has 0 saturated carbocycles. The van der Waals surface area contributed by atoms with Crippen molar-refractivity contribution in [2.24, 2.45) is 11.3 Å². The Morgan fingerprint density at radius 1 is 1.26 bits per heavy atom. The highest BCUT2D eigenvalue weighted by atomic mass is 16.5. The second kappa shape index (κ2) is 5.41. The molecule has 1 aliphatic heterocycles. The average molecular weight is 264 g/mol. The van der Waals surface area contributed by atoms with Gasteiger partial charge in [0.05, 0.1) is 19.3 Å². The molecular formula is C16H24O3. The Morgan fingerprint density at radius 2 is 1.89 bits per heavy atom. The zero-order valence-corrected chi connectivity index (χ0v) is 12.3. The fraction of sp³-hybridized carbons (Fsp3) is 0.625. The molecule has 106 valence electrons. The normalized spacial score (nSPS) is 20.8. The number of hydrogen-bond donors (Lipinski definition) is 1. The van der Waals surface area contributed by atoms with Gasteiger partial charge in [-0.2, -0.15) is 0 Å². The highest BCUT2D eigenvalue weighted by molar-refractivity contribution is 5.44. The fourth-order valence-electron chi connectivity index (χ4n) is 2.08. The molecule has 2 rings (SSSR count). The smallest absolute Gasteiger partial charge is 0.161 e. The van der Waals surface area contributed by atoms with Crippen LogP contribution < -0.4 is 9.47 Å². The zero-order valence-electron chi connectivity index (χ0n) is 12.3. The molecule has 2 atom stereocenters. The topological polar surface area (TPSA) is 38.7 Å². The van der Waals surface area contributed by atoms with Crippen LogP contribution in [0.5, 0.6) is 11.5 Å². The molecule has 0 aliphatic carbocycles. The lowest BCUT2D eigenvalue weighted by Gasteiger charge is -2.29. The van der Waals surface area contributed by atoms with Crippen LogP contribution in [0.1, 0.15) is 45.8 Å². The molecule has 0 aromatic heterocycles. The molecule has 2 unspecified atom stereocenters. The van der Waals surface area contributed by atoms with Crippen molar-refractivity contribution >= 4 is 0 Å². The van der Waals surface area contributed by atoms with E-state index >= 15 is 0 Å². The number of hydrogen-bond acceptors (Lipinski definition) is 3. The first-order chi connectivity index (χ1) is 8.94. The third kappa shape index (κ3) is 3.03. The van der Waals surface area contributed by atoms with Crippen LogP contribution >= 0.6 is 0 Å². The highest BCUT2D eigenvalue weighted by Gasteiger charge is 2.28. The van der Waals surface area contributed by atoms with Gasteiger partial charge >= 0.3 is 0 Å². The number of benzene rings is 1. The number of rotatable bonds is 3. The van der Waals surface area contributed by atoms with Crippen molar-refractivity contribution in [3.63, 3.8) is 0 Å². The van der Waals surface area contributed by atoms with Crippen LogP contribution in [-0.4, -0.2) is 18.3 Å². The van der Waals surface area contributed by atoms with Gasteiger partial charge in [-0.05, 0) is 29.5 Å². The maximum absolute atomic E-state index is 10.5. The fourth-order valence-corrected chi connectivity index (χ4v) is 2.08. The first kappa shape index (κ1) is 14.2. The molecule has 0 spiro atoms. The third-order valence-electron chi connectivity index (χ3n) is 3.98. The van der Waals surface area contributed by atoms with Crippen molar-refractivity contribution in [3.8, 4) is 11.5 Å². The minimum Gasteiger partial charge on any atom is -0.489 e. The monoisotopic (exact) mass is 264 g/mol. The summed E-state index contributed by atoms with van der Waals surface area (Å²) in [5, 5.41) is 10.5. The summed E-state index contributed by atoms with van der Waals surface area (Å²) < 4.78 is 11.5. The third-order valence-corrected chi connectivity index (χ3v) is 3.98. The highest BCUT2D eigenvalue weighted by Crippen LogP contribution is 2.40. The molecule has 1 aliphatic rings. The minimum atomic E-state index is -0.493. The first-order valence-electron chi connectivity index (χ1n) is 7.01. The van der Waals surface area contributed by atoms with Crippen molar-refractivity contribution < 1.29 is 14.6 Å². The van der Waals surface area contributed by atoms with Gasteiger partial charge in [0.15, 0.2) is 11.5 Å². The van der Waals surface area contributed by atoms with E-state index in [9.17, 15) is 5.11 Å². The molecule has 1 N–H and O–H groups in total. The van der Waals surface area contributed by atoms with Gasteiger partial charge in [0, 0.05) is 5.92 Å². The Kier molecular flexibility index (Phi) is 4.04. The van der Waals surface area contributed by atoms with Crippen molar-refractivity contribution in [3.05, 3.63) is 23.8 Å². The molecule has 3 heteroatoms. The lowest BCUT2D eigenvalue weighted by molar-refractivity contribution is 0.0463. The Hall–Kier alpha value is -1.22. The van der Waals surface area contributed by atoms with Crippen molar-refractivity contribution in [1.29, 1.82) is 0 Å². The van der Waals surface area contributed by atoms with Crippen molar-refractivity contribution in [2.45, 2.75) is 40.2 Å². The predicted octanol–water partition coefficient (Wildman–Crippen LogP) is 3.56. The largest absolute Gasteiger partial charge is 0.489 e. The van der Waals surface area contributed by atoms with E-state index in [4.69, 9.17) is 9.47 Å². The van der Waals surface area contributed by atoms with Crippen LogP contribution in [0, 0.1) is 11.3 Å². The van der Waals surface area contributed by atoms with Gasteiger partial charge in [-0.1, -0.05) is 33.8 Å². The van der Waals surface area contributed by atoms with E-state index < -0.39 is 6.10 Å². The molecular weight excluding hydrogens is 240 g/mol. The van der Waals surface area contributed by atoms with Crippen LogP contribution in [-0.2, 0) is 0 Å².